The summed E-state index contributed by atoms with van der Waals surface area (Å²) in [6.45, 7) is 2.66. The van der Waals surface area contributed by atoms with Gasteiger partial charge in [-0.3, -0.25) is 0 Å². The van der Waals surface area contributed by atoms with E-state index in [1.165, 1.54) is 17.9 Å². The molecule has 1 atom stereocenters. The number of esters is 1. The Kier molecular flexibility index (Phi) is 7.51. The highest BCUT2D eigenvalue weighted by Crippen LogP contribution is 2.38. The highest BCUT2D eigenvalue weighted by atomic mass is 16.5. The van der Waals surface area contributed by atoms with Crippen LogP contribution in [0.3, 0.4) is 0 Å². The number of hydrogen-bond acceptors (Lipinski definition) is 4. The van der Waals surface area contributed by atoms with Gasteiger partial charge in [-0.15, -0.1) is 0 Å². The molecule has 4 rings (SSSR count). The highest BCUT2D eigenvalue weighted by Gasteiger charge is 2.45. The molecule has 0 amide bonds. The largest absolute Gasteiger partial charge is 0.497 e. The van der Waals surface area contributed by atoms with Crippen molar-refractivity contribution in [2.45, 2.75) is 18.9 Å². The Hall–Kier alpha value is -4.05. The second-order valence-corrected chi connectivity index (χ2v) is 8.37. The van der Waals surface area contributed by atoms with Crippen LogP contribution in [0.1, 0.15) is 24.5 Å². The topological polar surface area (TPSA) is 38.8 Å². The molecular formula is C31H31NO3. The molecule has 0 saturated carbocycles. The Balaban J connectivity index is 1.78. The average Bonchev–Trinajstić information content (AvgIpc) is 2.92. The molecule has 35 heavy (non-hydrogen) atoms. The zero-order valence-electron chi connectivity index (χ0n) is 20.5. The minimum absolute atomic E-state index is 0.301. The number of likely N-dealkylation sites (N-methyl/N-ethyl adjacent to an activating group) is 1. The Morgan fingerprint density at radius 2 is 1.54 bits per heavy atom. The lowest BCUT2D eigenvalue weighted by molar-refractivity contribution is -0.147. The van der Waals surface area contributed by atoms with Crippen LogP contribution in [-0.2, 0) is 15.1 Å². The zero-order chi connectivity index (χ0) is 24.7. The summed E-state index contributed by atoms with van der Waals surface area (Å²) in [7, 11) is 3.10. The summed E-state index contributed by atoms with van der Waals surface area (Å²) in [5, 5.41) is 2.39. The maximum atomic E-state index is 13.6. The van der Waals surface area contributed by atoms with Gasteiger partial charge in [-0.05, 0) is 59.2 Å². The normalized spacial score (nSPS) is 12.9. The van der Waals surface area contributed by atoms with Crippen molar-refractivity contribution in [3.63, 3.8) is 0 Å². The van der Waals surface area contributed by atoms with E-state index in [-0.39, 0.29) is 5.97 Å². The van der Waals surface area contributed by atoms with E-state index in [9.17, 15) is 4.79 Å². The molecule has 0 N–H and O–H groups in total. The SMILES string of the molecule is CCN(c1ccc(OC)cc1)[C@](C/C=C/c1ccc2ccccc2c1)(C(=O)OC)c1ccccc1. The van der Waals surface area contributed by atoms with Gasteiger partial charge in [0.2, 0.25) is 0 Å². The van der Waals surface area contributed by atoms with Crippen LogP contribution in [0.15, 0.2) is 103 Å². The van der Waals surface area contributed by atoms with Gasteiger partial charge in [-0.25, -0.2) is 4.79 Å². The molecule has 4 aromatic carbocycles. The number of hydrogen-bond donors (Lipinski definition) is 0. The van der Waals surface area contributed by atoms with Crippen molar-refractivity contribution in [3.05, 3.63) is 114 Å². The molecule has 0 aromatic heterocycles. The summed E-state index contributed by atoms with van der Waals surface area (Å²) in [4.78, 5) is 15.7. The van der Waals surface area contributed by atoms with Crippen molar-refractivity contribution in [2.24, 2.45) is 0 Å². The first-order valence-electron chi connectivity index (χ1n) is 11.8. The molecule has 0 saturated heterocycles. The number of carbonyl (C=O) groups is 1. The van der Waals surface area contributed by atoms with E-state index in [4.69, 9.17) is 9.47 Å². The Bertz CT molecular complexity index is 1300. The van der Waals surface area contributed by atoms with E-state index < -0.39 is 5.54 Å². The van der Waals surface area contributed by atoms with Crippen LogP contribution in [-0.4, -0.2) is 26.7 Å². The van der Waals surface area contributed by atoms with E-state index in [1.807, 2.05) is 66.7 Å². The number of carbonyl (C=O) groups excluding carboxylic acids is 1. The average molecular weight is 466 g/mol. The molecule has 0 aliphatic carbocycles. The number of methoxy groups -OCH3 is 2. The number of nitrogens with zero attached hydrogens (tertiary/aromatic N) is 1. The molecule has 0 heterocycles. The first-order valence-corrected chi connectivity index (χ1v) is 11.8. The molecule has 0 aliphatic heterocycles. The molecule has 0 radical (unpaired) electrons. The van der Waals surface area contributed by atoms with Crippen molar-refractivity contribution in [1.82, 2.24) is 0 Å². The Morgan fingerprint density at radius 3 is 2.20 bits per heavy atom. The predicted octanol–water partition coefficient (Wildman–Crippen LogP) is 6.85. The van der Waals surface area contributed by atoms with E-state index in [1.54, 1.807) is 7.11 Å². The van der Waals surface area contributed by atoms with Gasteiger partial charge in [0.25, 0.3) is 0 Å². The van der Waals surface area contributed by atoms with Crippen LogP contribution in [0.5, 0.6) is 5.75 Å². The van der Waals surface area contributed by atoms with Crippen LogP contribution in [0, 0.1) is 0 Å². The third-order valence-corrected chi connectivity index (χ3v) is 6.43. The maximum Gasteiger partial charge on any atom is 0.336 e. The molecule has 0 fully saturated rings. The molecular weight excluding hydrogens is 434 g/mol. The quantitative estimate of drug-likeness (QED) is 0.254. The minimum Gasteiger partial charge on any atom is -0.497 e. The summed E-state index contributed by atoms with van der Waals surface area (Å²) < 4.78 is 10.8. The third-order valence-electron chi connectivity index (χ3n) is 6.43. The van der Waals surface area contributed by atoms with E-state index in [2.05, 4.69) is 54.3 Å². The molecule has 0 aliphatic rings. The lowest BCUT2D eigenvalue weighted by Crippen LogP contribution is -2.53. The fourth-order valence-electron chi connectivity index (χ4n) is 4.69. The summed E-state index contributed by atoms with van der Waals surface area (Å²) in [5.74, 6) is 0.467. The van der Waals surface area contributed by atoms with Gasteiger partial charge in [0.05, 0.1) is 14.2 Å². The van der Waals surface area contributed by atoms with Gasteiger partial charge in [0, 0.05) is 18.7 Å². The number of rotatable bonds is 9. The molecule has 0 spiro atoms. The molecule has 4 aromatic rings. The van der Waals surface area contributed by atoms with Gasteiger partial charge < -0.3 is 14.4 Å². The number of fused-ring (bicyclic) bond motifs is 1. The van der Waals surface area contributed by atoms with Gasteiger partial charge in [-0.1, -0.05) is 78.9 Å². The predicted molar refractivity (Wildman–Crippen MR) is 144 cm³/mol. The fourth-order valence-corrected chi connectivity index (χ4v) is 4.69. The molecule has 4 nitrogen and oxygen atoms in total. The standard InChI is InChI=1S/C31H31NO3/c1-4-32(28-18-20-29(34-2)21-19-28)31(30(33)35-3,27-14-6-5-7-15-27)22-10-11-24-16-17-25-12-8-9-13-26(25)23-24/h5-21,23H,4,22H2,1-3H3/b11-10+/t31-/m0/s1. The number of benzene rings is 4. The fraction of sp³-hybridized carbons (Fsp3) is 0.194. The number of anilines is 1. The monoisotopic (exact) mass is 465 g/mol. The van der Waals surface area contributed by atoms with Gasteiger partial charge in [0.1, 0.15) is 5.75 Å². The van der Waals surface area contributed by atoms with Crippen LogP contribution in [0.4, 0.5) is 5.69 Å². The minimum atomic E-state index is -1.04. The number of ether oxygens (including phenoxy) is 2. The summed E-state index contributed by atoms with van der Waals surface area (Å²) in [6, 6.07) is 32.3. The second-order valence-electron chi connectivity index (χ2n) is 8.37. The Labute approximate surface area is 207 Å². The third kappa shape index (κ3) is 4.92. The lowest BCUT2D eigenvalue weighted by Gasteiger charge is -2.42. The van der Waals surface area contributed by atoms with Crippen LogP contribution in [0.2, 0.25) is 0 Å². The highest BCUT2D eigenvalue weighted by molar-refractivity contribution is 5.88. The maximum absolute atomic E-state index is 13.6. The molecule has 0 bridgehead atoms. The lowest BCUT2D eigenvalue weighted by atomic mass is 9.83. The summed E-state index contributed by atoms with van der Waals surface area (Å²) in [5.41, 5.74) is 1.85. The smallest absolute Gasteiger partial charge is 0.336 e. The van der Waals surface area contributed by atoms with Crippen molar-refractivity contribution in [2.75, 3.05) is 25.7 Å². The van der Waals surface area contributed by atoms with Gasteiger partial charge in [-0.2, -0.15) is 0 Å². The molecule has 0 unspecified atom stereocenters. The van der Waals surface area contributed by atoms with Gasteiger partial charge in [0.15, 0.2) is 5.54 Å². The Morgan fingerprint density at radius 1 is 0.857 bits per heavy atom. The van der Waals surface area contributed by atoms with Gasteiger partial charge >= 0.3 is 5.97 Å². The van der Waals surface area contributed by atoms with Crippen molar-refractivity contribution in [3.8, 4) is 5.75 Å². The van der Waals surface area contributed by atoms with Crippen molar-refractivity contribution < 1.29 is 14.3 Å². The zero-order valence-corrected chi connectivity index (χ0v) is 20.5. The molecule has 178 valence electrons. The van der Waals surface area contributed by atoms with Crippen LogP contribution < -0.4 is 9.64 Å². The first kappa shape index (κ1) is 24.1. The van der Waals surface area contributed by atoms with E-state index >= 15 is 0 Å². The van der Waals surface area contributed by atoms with E-state index in [0.717, 1.165) is 22.6 Å². The first-order chi connectivity index (χ1) is 17.1. The van der Waals surface area contributed by atoms with Crippen LogP contribution >= 0.6 is 0 Å². The van der Waals surface area contributed by atoms with Crippen molar-refractivity contribution >= 4 is 28.5 Å². The molecule has 4 heteroatoms. The van der Waals surface area contributed by atoms with Crippen LogP contribution in [0.25, 0.3) is 16.8 Å². The summed E-state index contributed by atoms with van der Waals surface area (Å²) >= 11 is 0. The second kappa shape index (κ2) is 10.9. The van der Waals surface area contributed by atoms with Crippen molar-refractivity contribution in [1.29, 1.82) is 0 Å². The summed E-state index contributed by atoms with van der Waals surface area (Å²) in [6.07, 6.45) is 4.59. The van der Waals surface area contributed by atoms with E-state index in [0.29, 0.717) is 13.0 Å².